The summed E-state index contributed by atoms with van der Waals surface area (Å²) in [5.74, 6) is -1.55. The molecule has 6 nitrogen and oxygen atoms in total. The first-order chi connectivity index (χ1) is 11.3. The number of halogens is 2. The highest BCUT2D eigenvalue weighted by atomic mass is 35.5. The summed E-state index contributed by atoms with van der Waals surface area (Å²) in [6.45, 7) is 3.82. The summed E-state index contributed by atoms with van der Waals surface area (Å²) in [6, 6.07) is 2.51. The Hall–Kier alpha value is -1.34. The summed E-state index contributed by atoms with van der Waals surface area (Å²) in [5.41, 5.74) is 11.3. The SMILES string of the molecule is CCCC(N)OC(=O)c1cc(Cl)c(Cl)cc1C(=O)OC(N)CCC. The van der Waals surface area contributed by atoms with Crippen molar-refractivity contribution in [1.29, 1.82) is 0 Å². The minimum Gasteiger partial charge on any atom is -0.443 e. The van der Waals surface area contributed by atoms with Gasteiger partial charge < -0.3 is 9.47 Å². The van der Waals surface area contributed by atoms with Crippen molar-refractivity contribution in [3.63, 3.8) is 0 Å². The Bertz CT molecular complexity index is 545. The van der Waals surface area contributed by atoms with Gasteiger partial charge in [-0.2, -0.15) is 0 Å². The van der Waals surface area contributed by atoms with Crippen molar-refractivity contribution in [2.75, 3.05) is 0 Å². The van der Waals surface area contributed by atoms with Crippen LogP contribution >= 0.6 is 23.2 Å². The Morgan fingerprint density at radius 1 is 0.917 bits per heavy atom. The topological polar surface area (TPSA) is 105 Å². The highest BCUT2D eigenvalue weighted by molar-refractivity contribution is 6.42. The molecule has 0 heterocycles. The van der Waals surface area contributed by atoms with Crippen LogP contribution in [0.1, 0.15) is 60.2 Å². The van der Waals surface area contributed by atoms with Crippen molar-refractivity contribution in [3.8, 4) is 0 Å². The van der Waals surface area contributed by atoms with E-state index in [4.69, 9.17) is 44.1 Å². The number of ether oxygens (including phenoxy) is 2. The van der Waals surface area contributed by atoms with E-state index in [1.54, 1.807) is 0 Å². The Morgan fingerprint density at radius 3 is 1.54 bits per heavy atom. The molecule has 0 radical (unpaired) electrons. The van der Waals surface area contributed by atoms with Gasteiger partial charge in [-0.3, -0.25) is 11.5 Å². The number of nitrogens with two attached hydrogens (primary N) is 2. The third-order valence-corrected chi connectivity index (χ3v) is 3.89. The zero-order valence-corrected chi connectivity index (χ0v) is 15.2. The molecule has 8 heteroatoms. The summed E-state index contributed by atoms with van der Waals surface area (Å²) in [5, 5.41) is 0.226. The van der Waals surface area contributed by atoms with Crippen LogP contribution < -0.4 is 11.5 Å². The Kier molecular flexibility index (Phi) is 8.48. The molecule has 134 valence electrons. The molecule has 24 heavy (non-hydrogen) atoms. The first-order valence-corrected chi connectivity index (χ1v) is 8.47. The average Bonchev–Trinajstić information content (AvgIpc) is 2.49. The van der Waals surface area contributed by atoms with Crippen LogP contribution in [0.4, 0.5) is 0 Å². The minimum absolute atomic E-state index is 0.0651. The van der Waals surface area contributed by atoms with Gasteiger partial charge in [-0.15, -0.1) is 0 Å². The van der Waals surface area contributed by atoms with Crippen LogP contribution in [0.25, 0.3) is 0 Å². The fourth-order valence-electron chi connectivity index (χ4n) is 1.97. The lowest BCUT2D eigenvalue weighted by Gasteiger charge is -2.16. The molecular weight excluding hydrogens is 355 g/mol. The van der Waals surface area contributed by atoms with Gasteiger partial charge in [0.2, 0.25) is 0 Å². The summed E-state index contributed by atoms with van der Waals surface area (Å²) in [7, 11) is 0. The maximum Gasteiger partial charge on any atom is 0.340 e. The van der Waals surface area contributed by atoms with E-state index in [1.807, 2.05) is 13.8 Å². The zero-order chi connectivity index (χ0) is 18.3. The maximum absolute atomic E-state index is 12.3. The Morgan fingerprint density at radius 2 is 1.25 bits per heavy atom. The van der Waals surface area contributed by atoms with E-state index >= 15 is 0 Å². The highest BCUT2D eigenvalue weighted by Crippen LogP contribution is 2.27. The molecule has 1 aromatic rings. The van der Waals surface area contributed by atoms with Crippen molar-refractivity contribution in [1.82, 2.24) is 0 Å². The molecule has 0 aromatic heterocycles. The molecule has 0 fully saturated rings. The molecule has 0 saturated carbocycles. The number of esters is 2. The van der Waals surface area contributed by atoms with Crippen molar-refractivity contribution in [2.24, 2.45) is 11.5 Å². The average molecular weight is 377 g/mol. The molecule has 1 rings (SSSR count). The summed E-state index contributed by atoms with van der Waals surface area (Å²) in [6.07, 6.45) is 0.932. The molecule has 2 unspecified atom stereocenters. The Balaban J connectivity index is 3.08. The highest BCUT2D eigenvalue weighted by Gasteiger charge is 2.24. The molecule has 0 aliphatic rings. The van der Waals surface area contributed by atoms with Crippen LogP contribution in [0, 0.1) is 0 Å². The van der Waals surface area contributed by atoms with Crippen LogP contribution in [-0.2, 0) is 9.47 Å². The van der Waals surface area contributed by atoms with E-state index in [2.05, 4.69) is 0 Å². The summed E-state index contributed by atoms with van der Waals surface area (Å²) < 4.78 is 10.2. The number of carbonyl (C=O) groups excluding carboxylic acids is 2. The van der Waals surface area contributed by atoms with Crippen LogP contribution in [0.15, 0.2) is 12.1 Å². The number of hydrogen-bond donors (Lipinski definition) is 2. The predicted octanol–water partition coefficient (Wildman–Crippen LogP) is 3.48. The molecule has 0 aliphatic heterocycles. The van der Waals surface area contributed by atoms with Gasteiger partial charge in [0.1, 0.15) is 0 Å². The molecule has 2 atom stereocenters. The van der Waals surface area contributed by atoms with Crippen LogP contribution in [0.3, 0.4) is 0 Å². The lowest BCUT2D eigenvalue weighted by atomic mass is 10.1. The van der Waals surface area contributed by atoms with E-state index in [9.17, 15) is 9.59 Å². The van der Waals surface area contributed by atoms with E-state index in [-0.39, 0.29) is 21.2 Å². The monoisotopic (exact) mass is 376 g/mol. The van der Waals surface area contributed by atoms with Gasteiger partial charge in [-0.25, -0.2) is 9.59 Å². The zero-order valence-electron chi connectivity index (χ0n) is 13.7. The third kappa shape index (κ3) is 5.94. The molecule has 0 spiro atoms. The first kappa shape index (κ1) is 20.7. The van der Waals surface area contributed by atoms with E-state index < -0.39 is 24.4 Å². The largest absolute Gasteiger partial charge is 0.443 e. The molecule has 0 amide bonds. The lowest BCUT2D eigenvalue weighted by Crippen LogP contribution is -2.30. The van der Waals surface area contributed by atoms with Crippen LogP contribution in [0.5, 0.6) is 0 Å². The molecule has 1 aromatic carbocycles. The number of benzene rings is 1. The Labute approximate surface area is 151 Å². The van der Waals surface area contributed by atoms with Gasteiger partial charge in [-0.1, -0.05) is 49.9 Å². The summed E-state index contributed by atoms with van der Waals surface area (Å²) >= 11 is 11.9. The second-order valence-corrected chi connectivity index (χ2v) is 6.09. The van der Waals surface area contributed by atoms with E-state index in [0.717, 1.165) is 12.8 Å². The summed E-state index contributed by atoms with van der Waals surface area (Å²) in [4.78, 5) is 24.6. The van der Waals surface area contributed by atoms with E-state index in [1.165, 1.54) is 12.1 Å². The van der Waals surface area contributed by atoms with E-state index in [0.29, 0.717) is 12.8 Å². The van der Waals surface area contributed by atoms with Crippen LogP contribution in [0.2, 0.25) is 10.0 Å². The standard InChI is InChI=1S/C16H22Cl2N2O4/c1-3-5-13(19)23-15(21)9-7-11(17)12(18)8-10(9)16(22)24-14(20)6-4-2/h7-8,13-14H,3-6,19-20H2,1-2H3. The first-order valence-electron chi connectivity index (χ1n) is 7.72. The van der Waals surface area contributed by atoms with Crippen molar-refractivity contribution < 1.29 is 19.1 Å². The van der Waals surface area contributed by atoms with Gasteiger partial charge in [0.15, 0.2) is 12.5 Å². The molecule has 0 aliphatic carbocycles. The molecule has 0 bridgehead atoms. The predicted molar refractivity (Wildman–Crippen MR) is 93.1 cm³/mol. The molecular formula is C16H22Cl2N2O4. The van der Waals surface area contributed by atoms with Gasteiger partial charge >= 0.3 is 11.9 Å². The smallest absolute Gasteiger partial charge is 0.340 e. The quantitative estimate of drug-likeness (QED) is 0.531. The van der Waals surface area contributed by atoms with Crippen molar-refractivity contribution in [3.05, 3.63) is 33.3 Å². The second kappa shape index (κ2) is 9.84. The number of rotatable bonds is 8. The van der Waals surface area contributed by atoms with Gasteiger partial charge in [0.05, 0.1) is 21.2 Å². The fourth-order valence-corrected chi connectivity index (χ4v) is 2.30. The third-order valence-electron chi connectivity index (χ3n) is 3.16. The molecule has 0 saturated heterocycles. The minimum atomic E-state index is -0.775. The van der Waals surface area contributed by atoms with Crippen molar-refractivity contribution >= 4 is 35.1 Å². The van der Waals surface area contributed by atoms with Gasteiger partial charge in [0, 0.05) is 0 Å². The fraction of sp³-hybridized carbons (Fsp3) is 0.500. The van der Waals surface area contributed by atoms with Gasteiger partial charge in [-0.05, 0) is 25.0 Å². The normalized spacial score (nSPS) is 13.2. The molecule has 4 N–H and O–H groups in total. The van der Waals surface area contributed by atoms with Gasteiger partial charge in [0.25, 0.3) is 0 Å². The van der Waals surface area contributed by atoms with Crippen molar-refractivity contribution in [2.45, 2.75) is 52.0 Å². The number of hydrogen-bond acceptors (Lipinski definition) is 6. The number of carbonyl (C=O) groups is 2. The lowest BCUT2D eigenvalue weighted by molar-refractivity contribution is 0.0247. The second-order valence-electron chi connectivity index (χ2n) is 5.28. The van der Waals surface area contributed by atoms with Crippen LogP contribution in [-0.4, -0.2) is 24.4 Å². The maximum atomic E-state index is 12.3.